The van der Waals surface area contributed by atoms with Crippen LogP contribution in [0.15, 0.2) is 24.3 Å². The predicted octanol–water partition coefficient (Wildman–Crippen LogP) is 2.34. The molecule has 1 aromatic carbocycles. The number of fused-ring (bicyclic) bond motifs is 1. The summed E-state index contributed by atoms with van der Waals surface area (Å²) in [6.07, 6.45) is 0. The Hall–Kier alpha value is -1.06. The SMILES string of the molecule is CC(C)CONCC1COc2ccccc21. The molecule has 0 saturated carbocycles. The van der Waals surface area contributed by atoms with Gasteiger partial charge in [0.2, 0.25) is 0 Å². The molecule has 1 aromatic rings. The highest BCUT2D eigenvalue weighted by molar-refractivity contribution is 5.39. The zero-order valence-electron chi connectivity index (χ0n) is 9.90. The minimum atomic E-state index is 0.406. The van der Waals surface area contributed by atoms with E-state index in [2.05, 4.69) is 31.5 Å². The molecule has 2 rings (SSSR count). The van der Waals surface area contributed by atoms with Crippen LogP contribution in [0.1, 0.15) is 25.3 Å². The van der Waals surface area contributed by atoms with E-state index in [9.17, 15) is 0 Å². The molecule has 88 valence electrons. The second-order valence-electron chi connectivity index (χ2n) is 4.60. The first-order chi connectivity index (χ1) is 7.77. The molecule has 0 aliphatic carbocycles. The Morgan fingerprint density at radius 2 is 2.25 bits per heavy atom. The van der Waals surface area contributed by atoms with Crippen LogP contribution in [0.25, 0.3) is 0 Å². The first-order valence-corrected chi connectivity index (χ1v) is 5.83. The van der Waals surface area contributed by atoms with Gasteiger partial charge in [0.25, 0.3) is 0 Å². The normalized spacial score (nSPS) is 18.6. The van der Waals surface area contributed by atoms with Crippen LogP contribution in [0.2, 0.25) is 0 Å². The molecule has 0 spiro atoms. The maximum Gasteiger partial charge on any atom is 0.122 e. The summed E-state index contributed by atoms with van der Waals surface area (Å²) in [5.41, 5.74) is 4.30. The van der Waals surface area contributed by atoms with E-state index in [0.29, 0.717) is 11.8 Å². The van der Waals surface area contributed by atoms with Crippen molar-refractivity contribution in [3.05, 3.63) is 29.8 Å². The van der Waals surface area contributed by atoms with Crippen LogP contribution in [-0.2, 0) is 4.84 Å². The van der Waals surface area contributed by atoms with Crippen molar-refractivity contribution in [3.8, 4) is 5.75 Å². The second-order valence-corrected chi connectivity index (χ2v) is 4.60. The monoisotopic (exact) mass is 221 g/mol. The summed E-state index contributed by atoms with van der Waals surface area (Å²) in [7, 11) is 0. The van der Waals surface area contributed by atoms with Gasteiger partial charge in [0.15, 0.2) is 0 Å². The van der Waals surface area contributed by atoms with Crippen LogP contribution < -0.4 is 10.2 Å². The van der Waals surface area contributed by atoms with E-state index in [1.54, 1.807) is 0 Å². The molecule has 1 unspecified atom stereocenters. The van der Waals surface area contributed by atoms with Gasteiger partial charge < -0.3 is 9.57 Å². The van der Waals surface area contributed by atoms with Gasteiger partial charge in [0, 0.05) is 18.0 Å². The van der Waals surface area contributed by atoms with Gasteiger partial charge in [-0.15, -0.1) is 0 Å². The molecule has 1 heterocycles. The van der Waals surface area contributed by atoms with E-state index >= 15 is 0 Å². The molecule has 0 aromatic heterocycles. The summed E-state index contributed by atoms with van der Waals surface area (Å²) in [6.45, 7) is 6.57. The molecule has 0 saturated heterocycles. The van der Waals surface area contributed by atoms with Gasteiger partial charge in [-0.1, -0.05) is 32.0 Å². The third kappa shape index (κ3) is 2.74. The lowest BCUT2D eigenvalue weighted by atomic mass is 10.0. The molecule has 0 radical (unpaired) electrons. The van der Waals surface area contributed by atoms with Gasteiger partial charge in [-0.2, -0.15) is 0 Å². The molecule has 1 N–H and O–H groups in total. The smallest absolute Gasteiger partial charge is 0.122 e. The van der Waals surface area contributed by atoms with Gasteiger partial charge in [0.05, 0.1) is 13.2 Å². The summed E-state index contributed by atoms with van der Waals surface area (Å²) < 4.78 is 5.59. The van der Waals surface area contributed by atoms with Gasteiger partial charge >= 0.3 is 0 Å². The molecule has 0 bridgehead atoms. The molecular weight excluding hydrogens is 202 g/mol. The topological polar surface area (TPSA) is 30.5 Å². The van der Waals surface area contributed by atoms with Crippen molar-refractivity contribution >= 4 is 0 Å². The van der Waals surface area contributed by atoms with Crippen molar-refractivity contribution in [2.75, 3.05) is 19.8 Å². The molecule has 1 aliphatic rings. The fraction of sp³-hybridized carbons (Fsp3) is 0.538. The molecule has 0 fully saturated rings. The molecule has 3 nitrogen and oxygen atoms in total. The zero-order valence-corrected chi connectivity index (χ0v) is 9.90. The van der Waals surface area contributed by atoms with E-state index in [4.69, 9.17) is 9.57 Å². The largest absolute Gasteiger partial charge is 0.493 e. The van der Waals surface area contributed by atoms with Crippen molar-refractivity contribution < 1.29 is 9.57 Å². The first-order valence-electron chi connectivity index (χ1n) is 5.83. The maximum atomic E-state index is 5.59. The third-order valence-electron chi connectivity index (χ3n) is 2.65. The number of para-hydroxylation sites is 1. The lowest BCUT2D eigenvalue weighted by Gasteiger charge is -2.11. The number of hydrogen-bond donors (Lipinski definition) is 1. The van der Waals surface area contributed by atoms with Crippen LogP contribution in [0.4, 0.5) is 0 Å². The Morgan fingerprint density at radius 3 is 3.06 bits per heavy atom. The minimum Gasteiger partial charge on any atom is -0.493 e. The maximum absolute atomic E-state index is 5.59. The Balaban J connectivity index is 1.80. The molecule has 1 aliphatic heterocycles. The summed E-state index contributed by atoms with van der Waals surface area (Å²) in [4.78, 5) is 5.37. The highest BCUT2D eigenvalue weighted by Gasteiger charge is 2.23. The van der Waals surface area contributed by atoms with Crippen molar-refractivity contribution in [1.82, 2.24) is 5.48 Å². The van der Waals surface area contributed by atoms with Crippen LogP contribution >= 0.6 is 0 Å². The number of hydrogen-bond acceptors (Lipinski definition) is 3. The quantitative estimate of drug-likeness (QED) is 0.611. The molecular formula is C13H19NO2. The van der Waals surface area contributed by atoms with Gasteiger partial charge in [-0.3, -0.25) is 0 Å². The summed E-state index contributed by atoms with van der Waals surface area (Å²) in [5, 5.41) is 0. The van der Waals surface area contributed by atoms with Crippen LogP contribution in [0.3, 0.4) is 0 Å². The van der Waals surface area contributed by atoms with E-state index in [1.165, 1.54) is 5.56 Å². The highest BCUT2D eigenvalue weighted by Crippen LogP contribution is 2.32. The molecule has 3 heteroatoms. The van der Waals surface area contributed by atoms with E-state index in [0.717, 1.165) is 25.5 Å². The van der Waals surface area contributed by atoms with Gasteiger partial charge in [-0.05, 0) is 12.0 Å². The lowest BCUT2D eigenvalue weighted by molar-refractivity contribution is 0.0198. The highest BCUT2D eigenvalue weighted by atomic mass is 16.6. The number of benzene rings is 1. The summed E-state index contributed by atoms with van der Waals surface area (Å²) in [5.74, 6) is 1.97. The number of ether oxygens (including phenoxy) is 1. The fourth-order valence-electron chi connectivity index (χ4n) is 1.78. The van der Waals surface area contributed by atoms with Crippen molar-refractivity contribution in [3.63, 3.8) is 0 Å². The van der Waals surface area contributed by atoms with Gasteiger partial charge in [-0.25, -0.2) is 5.48 Å². The number of nitrogens with one attached hydrogen (secondary N) is 1. The van der Waals surface area contributed by atoms with Gasteiger partial charge in [0.1, 0.15) is 5.75 Å². The third-order valence-corrected chi connectivity index (χ3v) is 2.65. The van der Waals surface area contributed by atoms with E-state index in [1.807, 2.05) is 12.1 Å². The van der Waals surface area contributed by atoms with Crippen LogP contribution in [0, 0.1) is 5.92 Å². The number of hydroxylamine groups is 1. The molecule has 16 heavy (non-hydrogen) atoms. The van der Waals surface area contributed by atoms with E-state index in [-0.39, 0.29) is 0 Å². The molecule has 1 atom stereocenters. The minimum absolute atomic E-state index is 0.406. The Bertz CT molecular complexity index is 338. The Morgan fingerprint density at radius 1 is 1.44 bits per heavy atom. The van der Waals surface area contributed by atoms with Crippen LogP contribution in [-0.4, -0.2) is 19.8 Å². The van der Waals surface area contributed by atoms with Crippen LogP contribution in [0.5, 0.6) is 5.75 Å². The fourth-order valence-corrected chi connectivity index (χ4v) is 1.78. The van der Waals surface area contributed by atoms with E-state index < -0.39 is 0 Å². The zero-order chi connectivity index (χ0) is 11.4. The van der Waals surface area contributed by atoms with Crippen molar-refractivity contribution in [1.29, 1.82) is 0 Å². The lowest BCUT2D eigenvalue weighted by Crippen LogP contribution is -2.24. The summed E-state index contributed by atoms with van der Waals surface area (Å²) >= 11 is 0. The molecule has 0 amide bonds. The van der Waals surface area contributed by atoms with Crippen molar-refractivity contribution in [2.24, 2.45) is 5.92 Å². The average Bonchev–Trinajstić information content (AvgIpc) is 2.68. The van der Waals surface area contributed by atoms with Crippen molar-refractivity contribution in [2.45, 2.75) is 19.8 Å². The predicted molar refractivity (Wildman–Crippen MR) is 63.5 cm³/mol. The Labute approximate surface area is 96.7 Å². The Kier molecular flexibility index (Phi) is 3.80. The number of rotatable bonds is 5. The summed E-state index contributed by atoms with van der Waals surface area (Å²) in [6, 6.07) is 8.20. The standard InChI is InChI=1S/C13H19NO2/c1-10(2)8-16-14-7-11-9-15-13-6-4-3-5-12(11)13/h3-6,10-11,14H,7-9H2,1-2H3. The second kappa shape index (κ2) is 5.32. The first kappa shape index (κ1) is 11.4. The average molecular weight is 221 g/mol.